The summed E-state index contributed by atoms with van der Waals surface area (Å²) in [6.45, 7) is 0. The largest absolute Gasteiger partial charge is 0.326 e. The predicted octanol–water partition coefficient (Wildman–Crippen LogP) is 5.92. The summed E-state index contributed by atoms with van der Waals surface area (Å²) >= 11 is 13.6. The van der Waals surface area contributed by atoms with Crippen LogP contribution < -0.4 is 10.0 Å². The van der Waals surface area contributed by atoms with Crippen LogP contribution >= 0.6 is 35.0 Å². The highest BCUT2D eigenvalue weighted by atomic mass is 35.5. The quantitative estimate of drug-likeness (QED) is 0.392. The van der Waals surface area contributed by atoms with E-state index in [-0.39, 0.29) is 26.5 Å². The number of sulfonamides is 1. The molecule has 0 aliphatic heterocycles. The van der Waals surface area contributed by atoms with Gasteiger partial charge in [0.15, 0.2) is 0 Å². The van der Waals surface area contributed by atoms with Gasteiger partial charge in [-0.2, -0.15) is 0 Å². The number of nitrogens with one attached hydrogen (secondary N) is 2. The van der Waals surface area contributed by atoms with Crippen LogP contribution in [0.5, 0.6) is 0 Å². The smallest absolute Gasteiger partial charge is 0.261 e. The highest BCUT2D eigenvalue weighted by Crippen LogP contribution is 2.31. The van der Waals surface area contributed by atoms with Crippen LogP contribution in [0, 0.1) is 0 Å². The molecule has 2 N–H and O–H groups in total. The van der Waals surface area contributed by atoms with E-state index in [1.165, 1.54) is 30.3 Å². The molecule has 9 heteroatoms. The number of carbonyl (C=O) groups is 1. The molecule has 0 aromatic heterocycles. The van der Waals surface area contributed by atoms with Crippen molar-refractivity contribution >= 4 is 62.3 Å². The molecular formula is C21H18Cl2N2O3S2. The standard InChI is InChI=1S/C21H18Cl2N2O3S2/c22-18-7-4-8-19(21(18)23)25-30(27,28)17-11-9-15(10-12-17)24-20(26)13-14-29-16-5-2-1-3-6-16/h1-12,25H,13-14H2,(H,24,26). The van der Waals surface area contributed by atoms with Crippen LogP contribution in [0.1, 0.15) is 6.42 Å². The fourth-order valence-corrected chi connectivity index (χ4v) is 4.85. The Morgan fingerprint density at radius 3 is 2.30 bits per heavy atom. The van der Waals surface area contributed by atoms with Crippen molar-refractivity contribution in [1.29, 1.82) is 0 Å². The summed E-state index contributed by atoms with van der Waals surface area (Å²) < 4.78 is 27.6. The molecule has 0 bridgehead atoms. The molecular weight excluding hydrogens is 463 g/mol. The Kier molecular flexibility index (Phi) is 7.66. The average molecular weight is 481 g/mol. The Labute approximate surface area is 189 Å². The molecule has 156 valence electrons. The minimum absolute atomic E-state index is 0.0381. The molecule has 3 aromatic rings. The van der Waals surface area contributed by atoms with Gasteiger partial charge in [0, 0.05) is 22.8 Å². The van der Waals surface area contributed by atoms with Gasteiger partial charge in [-0.25, -0.2) is 8.42 Å². The maximum absolute atomic E-state index is 12.6. The number of hydrogen-bond donors (Lipinski definition) is 2. The maximum Gasteiger partial charge on any atom is 0.261 e. The van der Waals surface area contributed by atoms with E-state index in [0.29, 0.717) is 17.9 Å². The lowest BCUT2D eigenvalue weighted by atomic mass is 10.3. The van der Waals surface area contributed by atoms with Crippen LogP contribution in [0.3, 0.4) is 0 Å². The zero-order valence-corrected chi connectivity index (χ0v) is 18.8. The van der Waals surface area contributed by atoms with E-state index in [4.69, 9.17) is 23.2 Å². The SMILES string of the molecule is O=C(CCSc1ccccc1)Nc1ccc(S(=O)(=O)Nc2cccc(Cl)c2Cl)cc1. The molecule has 5 nitrogen and oxygen atoms in total. The fraction of sp³-hybridized carbons (Fsp3) is 0.0952. The van der Waals surface area contributed by atoms with Crippen molar-refractivity contribution in [3.63, 3.8) is 0 Å². The van der Waals surface area contributed by atoms with Crippen molar-refractivity contribution in [3.8, 4) is 0 Å². The van der Waals surface area contributed by atoms with Gasteiger partial charge in [-0.05, 0) is 48.5 Å². The van der Waals surface area contributed by atoms with Crippen molar-refractivity contribution in [2.45, 2.75) is 16.2 Å². The first-order valence-electron chi connectivity index (χ1n) is 8.90. The van der Waals surface area contributed by atoms with Gasteiger partial charge in [-0.3, -0.25) is 9.52 Å². The molecule has 0 atom stereocenters. The summed E-state index contributed by atoms with van der Waals surface area (Å²) in [7, 11) is -3.85. The number of benzene rings is 3. The van der Waals surface area contributed by atoms with E-state index in [0.717, 1.165) is 4.90 Å². The summed E-state index contributed by atoms with van der Waals surface area (Å²) in [6.07, 6.45) is 0.342. The number of amides is 1. The molecule has 0 heterocycles. The molecule has 0 saturated carbocycles. The Morgan fingerprint density at radius 2 is 1.60 bits per heavy atom. The monoisotopic (exact) mass is 480 g/mol. The summed E-state index contributed by atoms with van der Waals surface area (Å²) in [6, 6.07) is 20.4. The van der Waals surface area contributed by atoms with E-state index in [9.17, 15) is 13.2 Å². The molecule has 0 saturated heterocycles. The highest BCUT2D eigenvalue weighted by molar-refractivity contribution is 7.99. The number of carbonyl (C=O) groups excluding carboxylic acids is 1. The molecule has 0 aliphatic rings. The zero-order valence-electron chi connectivity index (χ0n) is 15.6. The second-order valence-corrected chi connectivity index (χ2v) is 9.83. The Morgan fingerprint density at radius 1 is 0.900 bits per heavy atom. The lowest BCUT2D eigenvalue weighted by Gasteiger charge is -2.11. The molecule has 0 unspecified atom stereocenters. The van der Waals surface area contributed by atoms with Crippen molar-refractivity contribution in [2.24, 2.45) is 0 Å². The van der Waals surface area contributed by atoms with E-state index < -0.39 is 10.0 Å². The summed E-state index contributed by atoms with van der Waals surface area (Å²) in [4.78, 5) is 13.3. The summed E-state index contributed by atoms with van der Waals surface area (Å²) in [5.41, 5.74) is 0.710. The van der Waals surface area contributed by atoms with Gasteiger partial charge in [0.25, 0.3) is 10.0 Å². The highest BCUT2D eigenvalue weighted by Gasteiger charge is 2.17. The average Bonchev–Trinajstić information content (AvgIpc) is 2.72. The fourth-order valence-electron chi connectivity index (χ4n) is 2.51. The maximum atomic E-state index is 12.6. The van der Waals surface area contributed by atoms with E-state index in [1.54, 1.807) is 23.9 Å². The molecule has 3 aromatic carbocycles. The second kappa shape index (κ2) is 10.2. The molecule has 0 spiro atoms. The van der Waals surface area contributed by atoms with Crippen molar-refractivity contribution in [2.75, 3.05) is 15.8 Å². The summed E-state index contributed by atoms with van der Waals surface area (Å²) in [5.74, 6) is 0.505. The number of halogens is 2. The lowest BCUT2D eigenvalue weighted by Crippen LogP contribution is -2.14. The van der Waals surface area contributed by atoms with Gasteiger partial charge in [-0.15, -0.1) is 11.8 Å². The van der Waals surface area contributed by atoms with E-state index >= 15 is 0 Å². The molecule has 1 amide bonds. The third kappa shape index (κ3) is 6.15. The van der Waals surface area contributed by atoms with E-state index in [2.05, 4.69) is 10.0 Å². The van der Waals surface area contributed by atoms with Crippen molar-refractivity contribution < 1.29 is 13.2 Å². The lowest BCUT2D eigenvalue weighted by molar-refractivity contribution is -0.115. The minimum Gasteiger partial charge on any atom is -0.326 e. The third-order valence-electron chi connectivity index (χ3n) is 3.99. The van der Waals surface area contributed by atoms with Crippen LogP contribution in [0.25, 0.3) is 0 Å². The van der Waals surface area contributed by atoms with Gasteiger partial charge in [0.2, 0.25) is 5.91 Å². The number of anilines is 2. The predicted molar refractivity (Wildman–Crippen MR) is 124 cm³/mol. The van der Waals surface area contributed by atoms with E-state index in [1.807, 2.05) is 30.3 Å². The van der Waals surface area contributed by atoms with Gasteiger partial charge >= 0.3 is 0 Å². The van der Waals surface area contributed by atoms with Crippen LogP contribution in [0.15, 0.2) is 82.6 Å². The summed E-state index contributed by atoms with van der Waals surface area (Å²) in [5, 5.41) is 3.14. The van der Waals surface area contributed by atoms with Crippen molar-refractivity contribution in [1.82, 2.24) is 0 Å². The number of rotatable bonds is 8. The first-order chi connectivity index (χ1) is 14.3. The molecule has 0 fully saturated rings. The van der Waals surface area contributed by atoms with Gasteiger partial charge in [0.05, 0.1) is 20.6 Å². The Bertz CT molecular complexity index is 1120. The Balaban J connectivity index is 1.57. The third-order valence-corrected chi connectivity index (χ3v) is 7.20. The van der Waals surface area contributed by atoms with Crippen molar-refractivity contribution in [3.05, 3.63) is 82.8 Å². The normalized spacial score (nSPS) is 11.1. The Hall–Kier alpha value is -2.19. The molecule has 0 aliphatic carbocycles. The van der Waals surface area contributed by atoms with Gasteiger partial charge in [0.1, 0.15) is 0 Å². The van der Waals surface area contributed by atoms with Crippen LogP contribution in [0.4, 0.5) is 11.4 Å². The van der Waals surface area contributed by atoms with Crippen LogP contribution in [-0.4, -0.2) is 20.1 Å². The topological polar surface area (TPSA) is 75.3 Å². The van der Waals surface area contributed by atoms with Crippen LogP contribution in [-0.2, 0) is 14.8 Å². The van der Waals surface area contributed by atoms with Gasteiger partial charge < -0.3 is 5.32 Å². The molecule has 30 heavy (non-hydrogen) atoms. The zero-order chi connectivity index (χ0) is 21.6. The minimum atomic E-state index is -3.85. The number of thioether (sulfide) groups is 1. The molecule has 0 radical (unpaired) electrons. The second-order valence-electron chi connectivity index (χ2n) is 6.19. The molecule has 3 rings (SSSR count). The van der Waals surface area contributed by atoms with Crippen LogP contribution in [0.2, 0.25) is 10.0 Å². The first-order valence-corrected chi connectivity index (χ1v) is 12.1. The first kappa shape index (κ1) is 22.5. The number of hydrogen-bond acceptors (Lipinski definition) is 4. The van der Waals surface area contributed by atoms with Gasteiger partial charge in [-0.1, -0.05) is 47.5 Å².